The first-order chi connectivity index (χ1) is 9.21. The molecule has 2 nitrogen and oxygen atoms in total. The zero-order valence-corrected chi connectivity index (χ0v) is 11.6. The van der Waals surface area contributed by atoms with E-state index in [2.05, 4.69) is 12.6 Å². The fourth-order valence-corrected chi connectivity index (χ4v) is 2.36. The standard InChI is InChI=1S/C14H13F3O2S/c1-7-9(12(19)6-11(18)8-2-3-8)4-5-10(13(7)20)14(15,16)17/h4-5,8,20H,2-3,6H2,1H3. The molecule has 0 aromatic heterocycles. The summed E-state index contributed by atoms with van der Waals surface area (Å²) in [6.45, 7) is 1.41. The van der Waals surface area contributed by atoms with Crippen LogP contribution in [0.3, 0.4) is 0 Å². The number of rotatable bonds is 4. The number of benzene rings is 1. The lowest BCUT2D eigenvalue weighted by atomic mass is 9.97. The summed E-state index contributed by atoms with van der Waals surface area (Å²) in [6, 6.07) is 1.96. The Morgan fingerprint density at radius 3 is 2.40 bits per heavy atom. The first kappa shape index (κ1) is 15.1. The molecule has 2 rings (SSSR count). The van der Waals surface area contributed by atoms with Crippen LogP contribution in [0.2, 0.25) is 0 Å². The Bertz CT molecular complexity index is 575. The molecule has 0 atom stereocenters. The number of halogens is 3. The van der Waals surface area contributed by atoms with Gasteiger partial charge in [-0.25, -0.2) is 0 Å². The van der Waals surface area contributed by atoms with Crippen LogP contribution in [0.15, 0.2) is 17.0 Å². The second-order valence-corrected chi connectivity index (χ2v) is 5.42. The molecular formula is C14H13F3O2S. The van der Waals surface area contributed by atoms with Crippen LogP contribution in [0.5, 0.6) is 0 Å². The third-order valence-corrected chi connectivity index (χ3v) is 3.98. The predicted molar refractivity (Wildman–Crippen MR) is 70.1 cm³/mol. The Balaban J connectivity index is 2.26. The van der Waals surface area contributed by atoms with Gasteiger partial charge in [-0.15, -0.1) is 12.6 Å². The maximum atomic E-state index is 12.7. The highest BCUT2D eigenvalue weighted by molar-refractivity contribution is 7.80. The summed E-state index contributed by atoms with van der Waals surface area (Å²) in [7, 11) is 0. The summed E-state index contributed by atoms with van der Waals surface area (Å²) in [5.41, 5.74) is -0.572. The Kier molecular flexibility index (Phi) is 3.95. The number of carbonyl (C=O) groups excluding carboxylic acids is 2. The van der Waals surface area contributed by atoms with Gasteiger partial charge in [0, 0.05) is 16.4 Å². The van der Waals surface area contributed by atoms with Crippen LogP contribution in [0.25, 0.3) is 0 Å². The summed E-state index contributed by atoms with van der Waals surface area (Å²) in [5.74, 6) is -0.609. The first-order valence-electron chi connectivity index (χ1n) is 6.17. The van der Waals surface area contributed by atoms with E-state index in [0.717, 1.165) is 25.0 Å². The average Bonchev–Trinajstić information content (AvgIpc) is 3.14. The van der Waals surface area contributed by atoms with Crippen molar-refractivity contribution in [3.63, 3.8) is 0 Å². The van der Waals surface area contributed by atoms with Crippen molar-refractivity contribution in [1.29, 1.82) is 0 Å². The minimum Gasteiger partial charge on any atom is -0.299 e. The molecule has 0 radical (unpaired) electrons. The van der Waals surface area contributed by atoms with Crippen molar-refractivity contribution in [3.05, 3.63) is 28.8 Å². The summed E-state index contributed by atoms with van der Waals surface area (Å²) >= 11 is 3.86. The second-order valence-electron chi connectivity index (χ2n) is 4.97. The molecule has 0 bridgehead atoms. The highest BCUT2D eigenvalue weighted by atomic mass is 32.1. The third kappa shape index (κ3) is 3.06. The Morgan fingerprint density at radius 1 is 1.30 bits per heavy atom. The van der Waals surface area contributed by atoms with Gasteiger partial charge >= 0.3 is 6.18 Å². The van der Waals surface area contributed by atoms with E-state index in [1.807, 2.05) is 0 Å². The minimum atomic E-state index is -4.51. The SMILES string of the molecule is Cc1c(C(=O)CC(=O)C2CC2)ccc(C(F)(F)F)c1S. The van der Waals surface area contributed by atoms with Crippen molar-refractivity contribution in [2.75, 3.05) is 0 Å². The van der Waals surface area contributed by atoms with Crippen molar-refractivity contribution in [3.8, 4) is 0 Å². The van der Waals surface area contributed by atoms with Gasteiger partial charge in [-0.05, 0) is 31.4 Å². The maximum Gasteiger partial charge on any atom is 0.417 e. The van der Waals surface area contributed by atoms with Gasteiger partial charge in [0.2, 0.25) is 0 Å². The van der Waals surface area contributed by atoms with Gasteiger partial charge in [0.15, 0.2) is 5.78 Å². The van der Waals surface area contributed by atoms with Crippen LogP contribution in [-0.4, -0.2) is 11.6 Å². The van der Waals surface area contributed by atoms with E-state index in [1.165, 1.54) is 6.92 Å². The molecule has 108 valence electrons. The second kappa shape index (κ2) is 5.24. The lowest BCUT2D eigenvalue weighted by molar-refractivity contribution is -0.139. The molecule has 1 fully saturated rings. The average molecular weight is 302 g/mol. The molecule has 1 aromatic carbocycles. The van der Waals surface area contributed by atoms with Crippen LogP contribution >= 0.6 is 12.6 Å². The van der Waals surface area contributed by atoms with Gasteiger partial charge in [0.1, 0.15) is 5.78 Å². The number of hydrogen-bond acceptors (Lipinski definition) is 3. The number of carbonyl (C=O) groups is 2. The van der Waals surface area contributed by atoms with Crippen molar-refractivity contribution in [2.45, 2.75) is 37.3 Å². The molecule has 0 amide bonds. The van der Waals surface area contributed by atoms with Gasteiger partial charge in [0.25, 0.3) is 0 Å². The number of alkyl halides is 3. The molecular weight excluding hydrogens is 289 g/mol. The van der Waals surface area contributed by atoms with Gasteiger partial charge in [-0.2, -0.15) is 13.2 Å². The third-order valence-electron chi connectivity index (χ3n) is 3.40. The van der Waals surface area contributed by atoms with Crippen LogP contribution in [0.4, 0.5) is 13.2 Å². The first-order valence-corrected chi connectivity index (χ1v) is 6.62. The van der Waals surface area contributed by atoms with Gasteiger partial charge in [-0.3, -0.25) is 9.59 Å². The number of Topliss-reactive ketones (excluding diaryl/α,β-unsaturated/α-hetero) is 2. The summed E-state index contributed by atoms with van der Waals surface area (Å²) in [6.07, 6.45) is -3.15. The molecule has 0 heterocycles. The van der Waals surface area contributed by atoms with E-state index >= 15 is 0 Å². The smallest absolute Gasteiger partial charge is 0.299 e. The highest BCUT2D eigenvalue weighted by Gasteiger charge is 2.35. The predicted octanol–water partition coefficient (Wildman–Crippen LogP) is 3.85. The van der Waals surface area contributed by atoms with Crippen molar-refractivity contribution < 1.29 is 22.8 Å². The summed E-state index contributed by atoms with van der Waals surface area (Å²) < 4.78 is 38.1. The summed E-state index contributed by atoms with van der Waals surface area (Å²) in [4.78, 5) is 23.3. The Hall–Kier alpha value is -1.30. The minimum absolute atomic E-state index is 0.0378. The molecule has 1 aromatic rings. The zero-order valence-electron chi connectivity index (χ0n) is 10.8. The molecule has 20 heavy (non-hydrogen) atoms. The van der Waals surface area contributed by atoms with Crippen LogP contribution in [-0.2, 0) is 11.0 Å². The zero-order chi connectivity index (χ0) is 15.1. The lowest BCUT2D eigenvalue weighted by Gasteiger charge is -2.14. The normalized spacial score (nSPS) is 15.2. The summed E-state index contributed by atoms with van der Waals surface area (Å²) in [5, 5.41) is 0. The van der Waals surface area contributed by atoms with Crippen molar-refractivity contribution in [2.24, 2.45) is 5.92 Å². The van der Waals surface area contributed by atoms with Gasteiger partial charge < -0.3 is 0 Å². The van der Waals surface area contributed by atoms with Crippen LogP contribution in [0, 0.1) is 12.8 Å². The maximum absolute atomic E-state index is 12.7. The largest absolute Gasteiger partial charge is 0.417 e. The molecule has 0 spiro atoms. The van der Waals surface area contributed by atoms with E-state index in [1.54, 1.807) is 0 Å². The monoisotopic (exact) mass is 302 g/mol. The van der Waals surface area contributed by atoms with Crippen LogP contribution < -0.4 is 0 Å². The fourth-order valence-electron chi connectivity index (χ4n) is 2.03. The molecule has 0 saturated heterocycles. The van der Waals surface area contributed by atoms with E-state index in [0.29, 0.717) is 0 Å². The number of thiol groups is 1. The molecule has 0 unspecified atom stereocenters. The van der Waals surface area contributed by atoms with Gasteiger partial charge in [-0.1, -0.05) is 6.07 Å². The fraction of sp³-hybridized carbons (Fsp3) is 0.429. The number of hydrogen-bond donors (Lipinski definition) is 1. The van der Waals surface area contributed by atoms with E-state index < -0.39 is 17.5 Å². The molecule has 0 aliphatic heterocycles. The lowest BCUT2D eigenvalue weighted by Crippen LogP contribution is -2.13. The number of ketones is 2. The van der Waals surface area contributed by atoms with Gasteiger partial charge in [0.05, 0.1) is 12.0 Å². The topological polar surface area (TPSA) is 34.1 Å². The van der Waals surface area contributed by atoms with Crippen molar-refractivity contribution in [1.82, 2.24) is 0 Å². The molecule has 6 heteroatoms. The molecule has 1 aliphatic rings. The quantitative estimate of drug-likeness (QED) is 0.521. The highest BCUT2D eigenvalue weighted by Crippen LogP contribution is 2.37. The Labute approximate surface area is 119 Å². The van der Waals surface area contributed by atoms with Crippen LogP contribution in [0.1, 0.15) is 40.7 Å². The van der Waals surface area contributed by atoms with E-state index in [-0.39, 0.29) is 34.1 Å². The molecule has 0 N–H and O–H groups in total. The van der Waals surface area contributed by atoms with E-state index in [9.17, 15) is 22.8 Å². The molecule has 1 saturated carbocycles. The van der Waals surface area contributed by atoms with E-state index in [4.69, 9.17) is 0 Å². The Morgan fingerprint density at radius 2 is 1.90 bits per heavy atom. The van der Waals surface area contributed by atoms with Crippen molar-refractivity contribution >= 4 is 24.2 Å². The molecule has 1 aliphatic carbocycles.